The molecule has 1 aromatic rings. The number of aromatic carboxylic acids is 1. The summed E-state index contributed by atoms with van der Waals surface area (Å²) in [5, 5.41) is 37.2. The monoisotopic (exact) mass is 280 g/mol. The Balaban J connectivity index is 2.82. The Morgan fingerprint density at radius 2 is 2.05 bits per heavy atom. The maximum absolute atomic E-state index is 10.8. The van der Waals surface area contributed by atoms with Crippen LogP contribution < -0.4 is 0 Å². The summed E-state index contributed by atoms with van der Waals surface area (Å²) in [5.41, 5.74) is 0.250. The molecule has 5 nitrogen and oxygen atoms in total. The van der Waals surface area contributed by atoms with E-state index in [2.05, 4.69) is 0 Å². The minimum absolute atomic E-state index is 0.0299. The normalized spacial score (nSPS) is 14.9. The van der Waals surface area contributed by atoms with Crippen LogP contribution in [0.15, 0.2) is 24.3 Å². The lowest BCUT2D eigenvalue weighted by molar-refractivity contribution is -0.00419. The highest BCUT2D eigenvalue weighted by Crippen LogP contribution is 2.27. The molecule has 20 heavy (non-hydrogen) atoms. The van der Waals surface area contributed by atoms with Crippen molar-refractivity contribution in [3.8, 4) is 5.75 Å². The Morgan fingerprint density at radius 1 is 1.40 bits per heavy atom. The SMILES string of the molecule is C/C(=C\CCC(C)(O)CO)c1ccc(C(=O)O)cc1O. The van der Waals surface area contributed by atoms with E-state index >= 15 is 0 Å². The number of carboxylic acid groups (broad SMARTS) is 1. The zero-order valence-corrected chi connectivity index (χ0v) is 11.6. The molecular weight excluding hydrogens is 260 g/mol. The molecule has 1 atom stereocenters. The average molecular weight is 280 g/mol. The van der Waals surface area contributed by atoms with E-state index in [1.165, 1.54) is 12.1 Å². The van der Waals surface area contributed by atoms with Crippen LogP contribution in [0.4, 0.5) is 0 Å². The topological polar surface area (TPSA) is 98.0 Å². The van der Waals surface area contributed by atoms with E-state index in [4.69, 9.17) is 10.2 Å². The van der Waals surface area contributed by atoms with E-state index in [0.29, 0.717) is 18.4 Å². The highest BCUT2D eigenvalue weighted by Gasteiger charge is 2.17. The van der Waals surface area contributed by atoms with Crippen LogP contribution in [-0.2, 0) is 0 Å². The van der Waals surface area contributed by atoms with Crippen LogP contribution in [0.3, 0.4) is 0 Å². The summed E-state index contributed by atoms with van der Waals surface area (Å²) in [6, 6.07) is 4.19. The van der Waals surface area contributed by atoms with E-state index in [1.54, 1.807) is 19.9 Å². The van der Waals surface area contributed by atoms with E-state index in [0.717, 1.165) is 5.57 Å². The molecule has 0 amide bonds. The van der Waals surface area contributed by atoms with Gasteiger partial charge in [-0.1, -0.05) is 12.1 Å². The van der Waals surface area contributed by atoms with Gasteiger partial charge in [0.05, 0.1) is 17.8 Å². The summed E-state index contributed by atoms with van der Waals surface area (Å²) in [4.78, 5) is 10.8. The number of phenolic OH excluding ortho intramolecular Hbond substituents is 1. The van der Waals surface area contributed by atoms with Crippen LogP contribution in [0.1, 0.15) is 42.6 Å². The van der Waals surface area contributed by atoms with Crippen molar-refractivity contribution >= 4 is 11.5 Å². The van der Waals surface area contributed by atoms with Crippen molar-refractivity contribution in [1.82, 2.24) is 0 Å². The molecule has 0 saturated heterocycles. The molecule has 0 aliphatic carbocycles. The van der Waals surface area contributed by atoms with E-state index in [-0.39, 0.29) is 17.9 Å². The first-order valence-electron chi connectivity index (χ1n) is 6.33. The van der Waals surface area contributed by atoms with Gasteiger partial charge in [0.2, 0.25) is 0 Å². The second kappa shape index (κ2) is 6.54. The predicted octanol–water partition coefficient (Wildman–Crippen LogP) is 2.02. The van der Waals surface area contributed by atoms with Gasteiger partial charge in [-0.3, -0.25) is 0 Å². The molecule has 1 aromatic carbocycles. The molecule has 0 radical (unpaired) electrons. The van der Waals surface area contributed by atoms with Crippen LogP contribution in [0.2, 0.25) is 0 Å². The number of aliphatic hydroxyl groups is 2. The molecule has 110 valence electrons. The molecule has 0 saturated carbocycles. The summed E-state index contributed by atoms with van der Waals surface area (Å²) in [6.07, 6.45) is 2.77. The van der Waals surface area contributed by atoms with Crippen LogP contribution in [0.25, 0.3) is 5.57 Å². The number of hydrogen-bond donors (Lipinski definition) is 4. The fourth-order valence-electron chi connectivity index (χ4n) is 1.79. The highest BCUT2D eigenvalue weighted by atomic mass is 16.4. The van der Waals surface area contributed by atoms with Gasteiger partial charge in [0.25, 0.3) is 0 Å². The second-order valence-corrected chi connectivity index (χ2v) is 5.12. The summed E-state index contributed by atoms with van der Waals surface area (Å²) in [5.74, 6) is -1.18. The third-order valence-electron chi connectivity index (χ3n) is 3.14. The van der Waals surface area contributed by atoms with Gasteiger partial charge < -0.3 is 20.4 Å². The third-order valence-corrected chi connectivity index (χ3v) is 3.14. The standard InChI is InChI=1S/C15H20O5/c1-10(4-3-7-15(2,20)9-16)12-6-5-11(14(18)19)8-13(12)17/h4-6,8,16-17,20H,3,7,9H2,1-2H3,(H,18,19)/b10-4+. The number of rotatable bonds is 6. The minimum atomic E-state index is -1.12. The van der Waals surface area contributed by atoms with Crippen molar-refractivity contribution in [2.45, 2.75) is 32.3 Å². The first kappa shape index (κ1) is 16.2. The smallest absolute Gasteiger partial charge is 0.335 e. The van der Waals surface area contributed by atoms with Crippen LogP contribution in [0.5, 0.6) is 5.75 Å². The average Bonchev–Trinajstić information content (AvgIpc) is 2.38. The van der Waals surface area contributed by atoms with Crippen molar-refractivity contribution in [3.05, 3.63) is 35.4 Å². The Kier molecular flexibility index (Phi) is 5.30. The van der Waals surface area contributed by atoms with Gasteiger partial charge in [-0.2, -0.15) is 0 Å². The largest absolute Gasteiger partial charge is 0.507 e. The molecule has 0 aliphatic rings. The molecule has 0 fully saturated rings. The molecule has 4 N–H and O–H groups in total. The maximum Gasteiger partial charge on any atom is 0.335 e. The number of phenols is 1. The molecule has 0 aromatic heterocycles. The summed E-state index contributed by atoms with van der Waals surface area (Å²) >= 11 is 0. The molecule has 0 aliphatic heterocycles. The number of carbonyl (C=O) groups is 1. The number of hydrogen-bond acceptors (Lipinski definition) is 4. The van der Waals surface area contributed by atoms with Gasteiger partial charge in [-0.15, -0.1) is 0 Å². The van der Waals surface area contributed by atoms with Crippen molar-refractivity contribution in [1.29, 1.82) is 0 Å². The quantitative estimate of drug-likeness (QED) is 0.639. The summed E-state index contributed by atoms with van der Waals surface area (Å²) < 4.78 is 0. The Labute approximate surface area is 117 Å². The van der Waals surface area contributed by atoms with Crippen LogP contribution in [0, 0.1) is 0 Å². The number of allylic oxidation sites excluding steroid dienone is 2. The lowest BCUT2D eigenvalue weighted by atomic mass is 9.98. The zero-order chi connectivity index (χ0) is 15.3. The lowest BCUT2D eigenvalue weighted by Crippen LogP contribution is -2.28. The van der Waals surface area contributed by atoms with Crippen LogP contribution in [-0.4, -0.2) is 38.6 Å². The molecule has 5 heteroatoms. The minimum Gasteiger partial charge on any atom is -0.507 e. The third kappa shape index (κ3) is 4.36. The fourth-order valence-corrected chi connectivity index (χ4v) is 1.79. The fraction of sp³-hybridized carbons (Fsp3) is 0.400. The second-order valence-electron chi connectivity index (χ2n) is 5.12. The van der Waals surface area contributed by atoms with Gasteiger partial charge >= 0.3 is 5.97 Å². The van der Waals surface area contributed by atoms with E-state index in [1.807, 2.05) is 6.08 Å². The Hall–Kier alpha value is -1.85. The maximum atomic E-state index is 10.8. The molecule has 0 bridgehead atoms. The lowest BCUT2D eigenvalue weighted by Gasteiger charge is -2.19. The van der Waals surface area contributed by atoms with Gasteiger partial charge in [0.15, 0.2) is 0 Å². The molecule has 0 heterocycles. The molecule has 1 unspecified atom stereocenters. The van der Waals surface area contributed by atoms with E-state index < -0.39 is 11.6 Å². The van der Waals surface area contributed by atoms with Crippen molar-refractivity contribution in [2.24, 2.45) is 0 Å². The molecular formula is C15H20O5. The van der Waals surface area contributed by atoms with Crippen molar-refractivity contribution in [3.63, 3.8) is 0 Å². The van der Waals surface area contributed by atoms with Crippen LogP contribution >= 0.6 is 0 Å². The Morgan fingerprint density at radius 3 is 2.55 bits per heavy atom. The van der Waals surface area contributed by atoms with Crippen molar-refractivity contribution in [2.75, 3.05) is 6.61 Å². The van der Waals surface area contributed by atoms with Gasteiger partial charge in [0, 0.05) is 5.56 Å². The first-order valence-corrected chi connectivity index (χ1v) is 6.33. The van der Waals surface area contributed by atoms with Crippen molar-refractivity contribution < 1.29 is 25.2 Å². The number of benzene rings is 1. The first-order chi connectivity index (χ1) is 9.26. The van der Waals surface area contributed by atoms with Gasteiger partial charge in [-0.05, 0) is 44.4 Å². The molecule has 0 spiro atoms. The number of aromatic hydroxyl groups is 1. The Bertz CT molecular complexity index is 517. The number of carboxylic acids is 1. The molecule has 1 rings (SSSR count). The van der Waals surface area contributed by atoms with Gasteiger partial charge in [0.1, 0.15) is 5.75 Å². The van der Waals surface area contributed by atoms with E-state index in [9.17, 15) is 15.0 Å². The number of aliphatic hydroxyl groups excluding tert-OH is 1. The van der Waals surface area contributed by atoms with Gasteiger partial charge in [-0.25, -0.2) is 4.79 Å². The predicted molar refractivity (Wildman–Crippen MR) is 75.7 cm³/mol. The summed E-state index contributed by atoms with van der Waals surface area (Å²) in [7, 11) is 0. The summed E-state index contributed by atoms with van der Waals surface area (Å²) in [6.45, 7) is 3.04. The highest BCUT2D eigenvalue weighted by molar-refractivity contribution is 5.89. The zero-order valence-electron chi connectivity index (χ0n) is 11.6.